The zero-order chi connectivity index (χ0) is 8.55. The van der Waals surface area contributed by atoms with E-state index >= 15 is 0 Å². The van der Waals surface area contributed by atoms with Gasteiger partial charge in [-0.25, -0.2) is 0 Å². The van der Waals surface area contributed by atoms with Crippen molar-refractivity contribution in [3.05, 3.63) is 35.5 Å². The van der Waals surface area contributed by atoms with E-state index in [2.05, 4.69) is 43.2 Å². The number of H-pyrrole nitrogens is 1. The van der Waals surface area contributed by atoms with Crippen LogP contribution in [0.2, 0.25) is 0 Å². The van der Waals surface area contributed by atoms with Crippen LogP contribution in [0.15, 0.2) is 24.4 Å². The minimum atomic E-state index is 1.11. The third-order valence-corrected chi connectivity index (χ3v) is 2.37. The average Bonchev–Trinajstić information content (AvgIpc) is 2.48. The highest BCUT2D eigenvalue weighted by Gasteiger charge is 2.02. The fourth-order valence-corrected chi connectivity index (χ4v) is 1.74. The van der Waals surface area contributed by atoms with E-state index in [0.29, 0.717) is 0 Å². The molecule has 0 aliphatic carbocycles. The molecule has 1 heterocycles. The van der Waals surface area contributed by atoms with Crippen molar-refractivity contribution in [1.82, 2.24) is 4.98 Å². The van der Waals surface area contributed by atoms with Crippen molar-refractivity contribution in [1.29, 1.82) is 0 Å². The topological polar surface area (TPSA) is 15.8 Å². The lowest BCUT2D eigenvalue weighted by Crippen LogP contribution is -1.81. The molecule has 1 aromatic carbocycles. The van der Waals surface area contributed by atoms with Gasteiger partial charge in [-0.15, -0.1) is 0 Å². The second kappa shape index (κ2) is 2.67. The van der Waals surface area contributed by atoms with E-state index in [9.17, 15) is 0 Å². The number of benzene rings is 1. The predicted molar refractivity (Wildman–Crippen MR) is 52.4 cm³/mol. The summed E-state index contributed by atoms with van der Waals surface area (Å²) in [4.78, 5) is 3.26. The number of rotatable bonds is 1. The van der Waals surface area contributed by atoms with Crippen molar-refractivity contribution in [2.45, 2.75) is 20.3 Å². The Hall–Kier alpha value is -1.24. The van der Waals surface area contributed by atoms with E-state index in [4.69, 9.17) is 0 Å². The van der Waals surface area contributed by atoms with E-state index in [1.807, 2.05) is 0 Å². The Labute approximate surface area is 72.4 Å². The molecule has 0 saturated carbocycles. The second-order valence-electron chi connectivity index (χ2n) is 3.16. The number of aromatic amines is 1. The van der Waals surface area contributed by atoms with Crippen LogP contribution in [-0.2, 0) is 6.42 Å². The summed E-state index contributed by atoms with van der Waals surface area (Å²) in [6.07, 6.45) is 3.18. The number of hydrogen-bond acceptors (Lipinski definition) is 0. The lowest BCUT2D eigenvalue weighted by molar-refractivity contribution is 1.16. The molecule has 0 aliphatic rings. The molecular formula is C11H13N. The summed E-state index contributed by atoms with van der Waals surface area (Å²) in [6.45, 7) is 4.35. The molecule has 0 amide bonds. The van der Waals surface area contributed by atoms with E-state index in [0.717, 1.165) is 6.42 Å². The molecule has 12 heavy (non-hydrogen) atoms. The van der Waals surface area contributed by atoms with Crippen LogP contribution in [0.5, 0.6) is 0 Å². The fourth-order valence-electron chi connectivity index (χ4n) is 1.74. The van der Waals surface area contributed by atoms with Gasteiger partial charge in [0.1, 0.15) is 0 Å². The maximum Gasteiger partial charge on any atom is 0.0459 e. The van der Waals surface area contributed by atoms with Crippen LogP contribution in [0.25, 0.3) is 10.9 Å². The zero-order valence-corrected chi connectivity index (χ0v) is 7.52. The second-order valence-corrected chi connectivity index (χ2v) is 3.16. The van der Waals surface area contributed by atoms with Crippen molar-refractivity contribution >= 4 is 10.9 Å². The molecule has 0 saturated heterocycles. The number of hydrogen-bond donors (Lipinski definition) is 1. The van der Waals surface area contributed by atoms with Gasteiger partial charge in [0.05, 0.1) is 0 Å². The Bertz CT molecular complexity index is 398. The summed E-state index contributed by atoms with van der Waals surface area (Å²) in [5.41, 5.74) is 4.04. The van der Waals surface area contributed by atoms with E-state index < -0.39 is 0 Å². The molecule has 1 heteroatoms. The number of nitrogens with one attached hydrogen (secondary N) is 1. The third-order valence-electron chi connectivity index (χ3n) is 2.37. The molecule has 1 nitrogen and oxygen atoms in total. The van der Waals surface area contributed by atoms with Crippen LogP contribution < -0.4 is 0 Å². The van der Waals surface area contributed by atoms with Crippen molar-refractivity contribution in [3.8, 4) is 0 Å². The number of fused-ring (bicyclic) bond motifs is 1. The van der Waals surface area contributed by atoms with Crippen molar-refractivity contribution in [2.75, 3.05) is 0 Å². The van der Waals surface area contributed by atoms with Crippen LogP contribution in [0.4, 0.5) is 0 Å². The smallest absolute Gasteiger partial charge is 0.0459 e. The fraction of sp³-hybridized carbons (Fsp3) is 0.273. The Kier molecular flexibility index (Phi) is 1.65. The van der Waals surface area contributed by atoms with Gasteiger partial charge >= 0.3 is 0 Å². The average molecular weight is 159 g/mol. The largest absolute Gasteiger partial charge is 0.361 e. The zero-order valence-electron chi connectivity index (χ0n) is 7.52. The minimum Gasteiger partial charge on any atom is -0.361 e. The molecule has 0 atom stereocenters. The van der Waals surface area contributed by atoms with Crippen LogP contribution in [0, 0.1) is 6.92 Å². The van der Waals surface area contributed by atoms with Crippen molar-refractivity contribution in [3.63, 3.8) is 0 Å². The molecule has 0 fully saturated rings. The van der Waals surface area contributed by atoms with Gasteiger partial charge < -0.3 is 4.98 Å². The molecular weight excluding hydrogens is 146 g/mol. The standard InChI is InChI=1S/C11H13N/c1-3-9-5-4-6-10-11(9)8(2)7-12-10/h4-7,12H,3H2,1-2H3. The van der Waals surface area contributed by atoms with E-state index in [-0.39, 0.29) is 0 Å². The Morgan fingerprint density at radius 2 is 2.17 bits per heavy atom. The van der Waals surface area contributed by atoms with Crippen LogP contribution in [-0.4, -0.2) is 4.98 Å². The molecule has 0 aliphatic heterocycles. The Morgan fingerprint density at radius 3 is 2.92 bits per heavy atom. The van der Waals surface area contributed by atoms with Gasteiger partial charge in [-0.05, 0) is 30.5 Å². The normalized spacial score (nSPS) is 10.8. The highest BCUT2D eigenvalue weighted by atomic mass is 14.7. The third kappa shape index (κ3) is 0.934. The quantitative estimate of drug-likeness (QED) is 0.658. The molecule has 1 aromatic heterocycles. The van der Waals surface area contributed by atoms with E-state index in [1.165, 1.54) is 22.0 Å². The van der Waals surface area contributed by atoms with Gasteiger partial charge in [0.15, 0.2) is 0 Å². The SMILES string of the molecule is CCc1cccc2[nH]cc(C)c12. The number of aryl methyl sites for hydroxylation is 2. The summed E-state index contributed by atoms with van der Waals surface area (Å²) in [5.74, 6) is 0. The molecule has 0 bridgehead atoms. The van der Waals surface area contributed by atoms with Crippen LogP contribution >= 0.6 is 0 Å². The molecule has 2 aromatic rings. The van der Waals surface area contributed by atoms with Gasteiger partial charge in [0.25, 0.3) is 0 Å². The van der Waals surface area contributed by atoms with Gasteiger partial charge in [-0.1, -0.05) is 19.1 Å². The number of aromatic nitrogens is 1. The minimum absolute atomic E-state index is 1.11. The highest BCUT2D eigenvalue weighted by Crippen LogP contribution is 2.21. The van der Waals surface area contributed by atoms with Gasteiger partial charge in [0, 0.05) is 17.1 Å². The summed E-state index contributed by atoms with van der Waals surface area (Å²) < 4.78 is 0. The van der Waals surface area contributed by atoms with E-state index in [1.54, 1.807) is 0 Å². The molecule has 2 rings (SSSR count). The molecule has 1 N–H and O–H groups in total. The lowest BCUT2D eigenvalue weighted by atomic mass is 10.1. The molecule has 0 radical (unpaired) electrons. The predicted octanol–water partition coefficient (Wildman–Crippen LogP) is 3.04. The maximum atomic E-state index is 3.26. The Morgan fingerprint density at radius 1 is 1.33 bits per heavy atom. The summed E-state index contributed by atoms with van der Waals surface area (Å²) in [7, 11) is 0. The first-order valence-electron chi connectivity index (χ1n) is 4.38. The summed E-state index contributed by atoms with van der Waals surface area (Å²) >= 11 is 0. The Balaban J connectivity index is 2.84. The van der Waals surface area contributed by atoms with Crippen LogP contribution in [0.3, 0.4) is 0 Å². The first-order chi connectivity index (χ1) is 5.83. The first-order valence-corrected chi connectivity index (χ1v) is 4.38. The molecule has 0 unspecified atom stereocenters. The first kappa shape index (κ1) is 7.41. The molecule has 62 valence electrons. The molecule has 0 spiro atoms. The van der Waals surface area contributed by atoms with Crippen molar-refractivity contribution < 1.29 is 0 Å². The maximum absolute atomic E-state index is 3.26. The summed E-state index contributed by atoms with van der Waals surface area (Å²) in [6, 6.07) is 6.43. The van der Waals surface area contributed by atoms with Crippen LogP contribution in [0.1, 0.15) is 18.1 Å². The monoisotopic (exact) mass is 159 g/mol. The van der Waals surface area contributed by atoms with Crippen molar-refractivity contribution in [2.24, 2.45) is 0 Å². The highest BCUT2D eigenvalue weighted by molar-refractivity contribution is 5.86. The van der Waals surface area contributed by atoms with Gasteiger partial charge in [0.2, 0.25) is 0 Å². The van der Waals surface area contributed by atoms with Gasteiger partial charge in [-0.3, -0.25) is 0 Å². The lowest BCUT2D eigenvalue weighted by Gasteiger charge is -1.99. The summed E-state index contributed by atoms with van der Waals surface area (Å²) in [5, 5.41) is 1.40. The van der Waals surface area contributed by atoms with Gasteiger partial charge in [-0.2, -0.15) is 0 Å².